The van der Waals surface area contributed by atoms with Crippen LogP contribution in [0.1, 0.15) is 34.1 Å². The smallest absolute Gasteiger partial charge is 0.0746 e. The molecule has 0 fully saturated rings. The van der Waals surface area contributed by atoms with E-state index >= 15 is 0 Å². The third kappa shape index (κ3) is 6.02. The molecule has 0 aromatic rings. The Labute approximate surface area is 81.5 Å². The van der Waals surface area contributed by atoms with Gasteiger partial charge in [-0.1, -0.05) is 6.92 Å². The van der Waals surface area contributed by atoms with E-state index in [9.17, 15) is 5.11 Å². The predicted molar refractivity (Wildman–Crippen MR) is 54.9 cm³/mol. The molecule has 0 saturated carbocycles. The summed E-state index contributed by atoms with van der Waals surface area (Å²) >= 11 is 0. The fourth-order valence-corrected chi connectivity index (χ4v) is 0.830. The maximum atomic E-state index is 9.69. The highest BCUT2D eigenvalue weighted by Crippen LogP contribution is 2.08. The van der Waals surface area contributed by atoms with Gasteiger partial charge in [0, 0.05) is 20.2 Å². The van der Waals surface area contributed by atoms with Gasteiger partial charge < -0.3 is 15.2 Å². The topological polar surface area (TPSA) is 41.5 Å². The van der Waals surface area contributed by atoms with Crippen LogP contribution in [0.5, 0.6) is 0 Å². The van der Waals surface area contributed by atoms with Crippen molar-refractivity contribution in [1.29, 1.82) is 0 Å². The molecule has 0 heterocycles. The van der Waals surface area contributed by atoms with Crippen LogP contribution in [0.15, 0.2) is 0 Å². The van der Waals surface area contributed by atoms with Crippen molar-refractivity contribution in [2.75, 3.05) is 20.2 Å². The molecule has 0 spiro atoms. The second-order valence-electron chi connectivity index (χ2n) is 4.42. The van der Waals surface area contributed by atoms with Crippen molar-refractivity contribution in [2.24, 2.45) is 0 Å². The van der Waals surface area contributed by atoms with Gasteiger partial charge in [0.05, 0.1) is 11.2 Å². The largest absolute Gasteiger partial charge is 0.389 e. The lowest BCUT2D eigenvalue weighted by atomic mass is 10.0. The van der Waals surface area contributed by atoms with Crippen LogP contribution in [0.4, 0.5) is 0 Å². The second-order valence-corrected chi connectivity index (χ2v) is 4.42. The highest BCUT2D eigenvalue weighted by atomic mass is 16.5. The summed E-state index contributed by atoms with van der Waals surface area (Å²) in [5.74, 6) is 0. The molecule has 0 bridgehead atoms. The summed E-state index contributed by atoms with van der Waals surface area (Å²) in [6.07, 6.45) is 0.757. The van der Waals surface area contributed by atoms with E-state index in [2.05, 4.69) is 5.32 Å². The van der Waals surface area contributed by atoms with Gasteiger partial charge in [0.25, 0.3) is 0 Å². The van der Waals surface area contributed by atoms with Crippen molar-refractivity contribution in [3.05, 3.63) is 0 Å². The van der Waals surface area contributed by atoms with Gasteiger partial charge in [-0.05, 0) is 27.2 Å². The molecule has 0 aliphatic rings. The van der Waals surface area contributed by atoms with Gasteiger partial charge in [-0.25, -0.2) is 0 Å². The average molecular weight is 189 g/mol. The third-order valence-electron chi connectivity index (χ3n) is 2.37. The van der Waals surface area contributed by atoms with E-state index in [0.717, 1.165) is 13.0 Å². The molecule has 0 rings (SSSR count). The number of hydrogen-bond acceptors (Lipinski definition) is 3. The van der Waals surface area contributed by atoms with E-state index in [0.29, 0.717) is 6.54 Å². The summed E-state index contributed by atoms with van der Waals surface area (Å²) in [5, 5.41) is 12.9. The van der Waals surface area contributed by atoms with Gasteiger partial charge in [-0.2, -0.15) is 0 Å². The van der Waals surface area contributed by atoms with Gasteiger partial charge in [-0.3, -0.25) is 0 Å². The van der Waals surface area contributed by atoms with Gasteiger partial charge in [0.15, 0.2) is 0 Å². The van der Waals surface area contributed by atoms with E-state index in [1.807, 2.05) is 27.7 Å². The fourth-order valence-electron chi connectivity index (χ4n) is 0.830. The Kier molecular flexibility index (Phi) is 4.89. The quantitative estimate of drug-likeness (QED) is 0.659. The van der Waals surface area contributed by atoms with Crippen molar-refractivity contribution >= 4 is 0 Å². The standard InChI is InChI=1S/C10H23NO2/c1-6-10(4,12)8-11-7-9(2,3)13-5/h11-12H,6-8H2,1-5H3. The van der Waals surface area contributed by atoms with Gasteiger partial charge >= 0.3 is 0 Å². The molecule has 3 nitrogen and oxygen atoms in total. The molecule has 1 atom stereocenters. The van der Waals surface area contributed by atoms with E-state index < -0.39 is 5.60 Å². The zero-order chi connectivity index (χ0) is 10.5. The zero-order valence-corrected chi connectivity index (χ0v) is 9.48. The van der Waals surface area contributed by atoms with Crippen molar-refractivity contribution in [2.45, 2.75) is 45.3 Å². The first kappa shape index (κ1) is 12.9. The fraction of sp³-hybridized carbons (Fsp3) is 1.00. The minimum absolute atomic E-state index is 0.163. The number of ether oxygens (including phenoxy) is 1. The molecule has 80 valence electrons. The van der Waals surface area contributed by atoms with Crippen LogP contribution in [-0.2, 0) is 4.74 Å². The van der Waals surface area contributed by atoms with Crippen LogP contribution in [0.2, 0.25) is 0 Å². The molecule has 2 N–H and O–H groups in total. The van der Waals surface area contributed by atoms with Crippen LogP contribution in [0, 0.1) is 0 Å². The summed E-state index contributed by atoms with van der Waals surface area (Å²) < 4.78 is 5.24. The van der Waals surface area contributed by atoms with Crippen molar-refractivity contribution in [1.82, 2.24) is 5.32 Å². The Morgan fingerprint density at radius 1 is 1.23 bits per heavy atom. The zero-order valence-electron chi connectivity index (χ0n) is 9.48. The Bertz CT molecular complexity index is 128. The Morgan fingerprint density at radius 2 is 1.77 bits per heavy atom. The molecule has 0 aromatic carbocycles. The van der Waals surface area contributed by atoms with Crippen LogP contribution in [0.3, 0.4) is 0 Å². The van der Waals surface area contributed by atoms with E-state index in [4.69, 9.17) is 4.74 Å². The summed E-state index contributed by atoms with van der Waals surface area (Å²) in [5.41, 5.74) is -0.770. The predicted octanol–water partition coefficient (Wildman–Crippen LogP) is 1.16. The van der Waals surface area contributed by atoms with Crippen LogP contribution in [-0.4, -0.2) is 36.5 Å². The number of rotatable bonds is 6. The Balaban J connectivity index is 3.68. The first-order valence-corrected chi connectivity index (χ1v) is 4.81. The maximum Gasteiger partial charge on any atom is 0.0746 e. The summed E-state index contributed by atoms with van der Waals surface area (Å²) in [6.45, 7) is 9.19. The van der Waals surface area contributed by atoms with Crippen LogP contribution in [0.25, 0.3) is 0 Å². The number of hydrogen-bond donors (Lipinski definition) is 2. The van der Waals surface area contributed by atoms with Crippen LogP contribution < -0.4 is 5.32 Å². The summed E-state index contributed by atoms with van der Waals surface area (Å²) in [6, 6.07) is 0. The minimum Gasteiger partial charge on any atom is -0.389 e. The molecule has 0 radical (unpaired) electrons. The molecular weight excluding hydrogens is 166 g/mol. The molecule has 0 aliphatic carbocycles. The summed E-state index contributed by atoms with van der Waals surface area (Å²) in [7, 11) is 1.69. The molecule has 0 saturated heterocycles. The third-order valence-corrected chi connectivity index (χ3v) is 2.37. The second kappa shape index (κ2) is 4.94. The number of aliphatic hydroxyl groups is 1. The lowest BCUT2D eigenvalue weighted by molar-refractivity contribution is 0.0112. The van der Waals surface area contributed by atoms with Crippen LogP contribution >= 0.6 is 0 Å². The Morgan fingerprint density at radius 3 is 2.15 bits per heavy atom. The van der Waals surface area contributed by atoms with Gasteiger partial charge in [-0.15, -0.1) is 0 Å². The highest BCUT2D eigenvalue weighted by Gasteiger charge is 2.20. The highest BCUT2D eigenvalue weighted by molar-refractivity contribution is 4.77. The Hall–Kier alpha value is -0.120. The molecular formula is C10H23NO2. The SMILES string of the molecule is CCC(C)(O)CNCC(C)(C)OC. The molecule has 1 unspecified atom stereocenters. The maximum absolute atomic E-state index is 9.69. The first-order chi connectivity index (χ1) is 5.83. The monoisotopic (exact) mass is 189 g/mol. The molecule has 3 heteroatoms. The normalized spacial score (nSPS) is 17.1. The average Bonchev–Trinajstić information content (AvgIpc) is 2.04. The van der Waals surface area contributed by atoms with E-state index in [1.54, 1.807) is 7.11 Å². The first-order valence-electron chi connectivity index (χ1n) is 4.81. The minimum atomic E-state index is -0.607. The lowest BCUT2D eigenvalue weighted by Gasteiger charge is -2.27. The molecule has 13 heavy (non-hydrogen) atoms. The van der Waals surface area contributed by atoms with E-state index in [-0.39, 0.29) is 5.60 Å². The van der Waals surface area contributed by atoms with E-state index in [1.165, 1.54) is 0 Å². The summed E-state index contributed by atoms with van der Waals surface area (Å²) in [4.78, 5) is 0. The number of methoxy groups -OCH3 is 1. The van der Waals surface area contributed by atoms with Crippen molar-refractivity contribution in [3.63, 3.8) is 0 Å². The molecule has 0 aromatic heterocycles. The van der Waals surface area contributed by atoms with Gasteiger partial charge in [0.1, 0.15) is 0 Å². The lowest BCUT2D eigenvalue weighted by Crippen LogP contribution is -2.44. The molecule has 0 aliphatic heterocycles. The van der Waals surface area contributed by atoms with Gasteiger partial charge in [0.2, 0.25) is 0 Å². The molecule has 0 amide bonds. The van der Waals surface area contributed by atoms with Crippen molar-refractivity contribution in [3.8, 4) is 0 Å². The number of nitrogens with one attached hydrogen (secondary N) is 1. The van der Waals surface area contributed by atoms with Crippen molar-refractivity contribution < 1.29 is 9.84 Å².